The van der Waals surface area contributed by atoms with Gasteiger partial charge in [0.1, 0.15) is 0 Å². The van der Waals surface area contributed by atoms with E-state index < -0.39 is 5.41 Å². The van der Waals surface area contributed by atoms with E-state index in [-0.39, 0.29) is 29.1 Å². The zero-order chi connectivity index (χ0) is 28.6. The zero-order valence-corrected chi connectivity index (χ0v) is 26.1. The lowest BCUT2D eigenvalue weighted by Gasteiger charge is -2.72. The van der Waals surface area contributed by atoms with Crippen LogP contribution < -0.4 is 0 Å². The van der Waals surface area contributed by atoms with Crippen molar-refractivity contribution >= 4 is 5.71 Å². The van der Waals surface area contributed by atoms with Crippen LogP contribution in [0.3, 0.4) is 0 Å². The van der Waals surface area contributed by atoms with Crippen LogP contribution in [0.15, 0.2) is 17.3 Å². The van der Waals surface area contributed by atoms with Crippen LogP contribution in [0.4, 0.5) is 0 Å². The molecule has 0 spiro atoms. The first-order valence-corrected chi connectivity index (χ1v) is 16.7. The summed E-state index contributed by atoms with van der Waals surface area (Å²) < 4.78 is 12.7. The fraction of sp³-hybridized carbons (Fsp3) is 0.914. The van der Waals surface area contributed by atoms with E-state index in [2.05, 4.69) is 46.4 Å². The van der Waals surface area contributed by atoms with Crippen LogP contribution in [0, 0.1) is 56.7 Å². The van der Waals surface area contributed by atoms with E-state index in [1.54, 1.807) is 0 Å². The van der Waals surface area contributed by atoms with Gasteiger partial charge in [0.05, 0.1) is 18.9 Å². The number of hydrogen-bond donors (Lipinski definition) is 2. The molecule has 0 amide bonds. The fourth-order valence-corrected chi connectivity index (χ4v) is 12.6. The lowest BCUT2D eigenvalue weighted by molar-refractivity contribution is -0.244. The van der Waals surface area contributed by atoms with E-state index in [1.165, 1.54) is 56.9 Å². The van der Waals surface area contributed by atoms with E-state index in [1.807, 2.05) is 0 Å². The monoisotopic (exact) mass is 555 g/mol. The summed E-state index contributed by atoms with van der Waals surface area (Å²) in [5.74, 6) is 2.95. The van der Waals surface area contributed by atoms with E-state index in [0.29, 0.717) is 35.0 Å². The third-order valence-electron chi connectivity index (χ3n) is 15.0. The summed E-state index contributed by atoms with van der Waals surface area (Å²) >= 11 is 0. The van der Waals surface area contributed by atoms with Crippen molar-refractivity contribution in [1.29, 1.82) is 0 Å². The number of hydrogen-bond acceptors (Lipinski definition) is 5. The Morgan fingerprint density at radius 3 is 2.42 bits per heavy atom. The van der Waals surface area contributed by atoms with Crippen molar-refractivity contribution < 1.29 is 19.8 Å². The second kappa shape index (κ2) is 10.1. The summed E-state index contributed by atoms with van der Waals surface area (Å²) in [6.45, 7) is 18.7. The minimum absolute atomic E-state index is 0.0102. The number of oxime groups is 1. The van der Waals surface area contributed by atoms with Gasteiger partial charge in [0, 0.05) is 12.0 Å². The second-order valence-electron chi connectivity index (χ2n) is 16.3. The molecule has 5 nitrogen and oxygen atoms in total. The number of aliphatic hydroxyl groups is 1. The third kappa shape index (κ3) is 3.91. The lowest BCUT2D eigenvalue weighted by Crippen LogP contribution is -2.67. The largest absolute Gasteiger partial charge is 0.411 e. The molecule has 6 fully saturated rings. The van der Waals surface area contributed by atoms with Crippen molar-refractivity contribution in [2.24, 2.45) is 61.8 Å². The molecule has 0 radical (unpaired) electrons. The number of ether oxygens (including phenoxy) is 2. The van der Waals surface area contributed by atoms with Gasteiger partial charge in [-0.25, -0.2) is 0 Å². The van der Waals surface area contributed by atoms with Gasteiger partial charge in [-0.2, -0.15) is 0 Å². The molecule has 0 aromatic heterocycles. The second-order valence-corrected chi connectivity index (χ2v) is 16.3. The van der Waals surface area contributed by atoms with Crippen molar-refractivity contribution in [1.82, 2.24) is 0 Å². The Bertz CT molecular complexity index is 1020. The maximum atomic E-state index is 10.6. The Labute approximate surface area is 243 Å². The van der Waals surface area contributed by atoms with Crippen molar-refractivity contribution in [3.8, 4) is 0 Å². The highest BCUT2D eigenvalue weighted by Crippen LogP contribution is 2.77. The molecule has 0 aromatic rings. The minimum Gasteiger partial charge on any atom is -0.411 e. The summed E-state index contributed by atoms with van der Waals surface area (Å²) in [6.07, 6.45) is 15.3. The quantitative estimate of drug-likeness (QED) is 0.205. The van der Waals surface area contributed by atoms with E-state index in [9.17, 15) is 10.3 Å². The van der Waals surface area contributed by atoms with Gasteiger partial charge in [-0.1, -0.05) is 45.0 Å². The standard InChI is InChI=1S/C35H57NO4/c1-23(2)24-12-17-35(22-40-29-9-7-8-20-39-29)19-18-33(5)25(30(24)35)10-11-27-31(3)15-14-28(36-38)32(4,21-37)26(31)13-16-34(27,33)6/h24-27,29-30,37-38H,1,7-22H2,2-6H3/b36-28+/t24-,25+,26+,27+,29?,30+,31-,32-,33+,34+,35+/m0/s1. The molecule has 1 aliphatic heterocycles. The highest BCUT2D eigenvalue weighted by molar-refractivity contribution is 5.91. The summed E-state index contributed by atoms with van der Waals surface area (Å²) in [4.78, 5) is 0. The predicted octanol–water partition coefficient (Wildman–Crippen LogP) is 7.99. The van der Waals surface area contributed by atoms with Gasteiger partial charge >= 0.3 is 0 Å². The lowest BCUT2D eigenvalue weighted by atomic mass is 9.32. The molecule has 226 valence electrons. The van der Waals surface area contributed by atoms with Crippen LogP contribution in [-0.2, 0) is 9.47 Å². The molecule has 0 aromatic carbocycles. The predicted molar refractivity (Wildman–Crippen MR) is 159 cm³/mol. The average Bonchev–Trinajstić information content (AvgIpc) is 3.33. The number of rotatable bonds is 5. The third-order valence-corrected chi connectivity index (χ3v) is 15.0. The molecule has 5 heteroatoms. The smallest absolute Gasteiger partial charge is 0.157 e. The van der Waals surface area contributed by atoms with Crippen molar-refractivity contribution in [3.63, 3.8) is 0 Å². The molecule has 6 rings (SSSR count). The molecule has 1 unspecified atom stereocenters. The Morgan fingerprint density at radius 1 is 0.950 bits per heavy atom. The average molecular weight is 556 g/mol. The molecule has 40 heavy (non-hydrogen) atoms. The van der Waals surface area contributed by atoms with Gasteiger partial charge in [0.25, 0.3) is 0 Å². The summed E-state index contributed by atoms with van der Waals surface area (Å²) in [5.41, 5.74) is 2.76. The molecule has 0 bridgehead atoms. The van der Waals surface area contributed by atoms with Crippen LogP contribution in [0.1, 0.15) is 118 Å². The molecule has 11 atom stereocenters. The van der Waals surface area contributed by atoms with Gasteiger partial charge in [-0.05, 0) is 142 Å². The summed E-state index contributed by atoms with van der Waals surface area (Å²) in [7, 11) is 0. The van der Waals surface area contributed by atoms with Gasteiger partial charge in [-0.15, -0.1) is 0 Å². The highest BCUT2D eigenvalue weighted by atomic mass is 16.7. The van der Waals surface area contributed by atoms with Crippen molar-refractivity contribution in [2.75, 3.05) is 19.8 Å². The van der Waals surface area contributed by atoms with Gasteiger partial charge in [-0.3, -0.25) is 0 Å². The normalized spacial score (nSPS) is 53.3. The van der Waals surface area contributed by atoms with Crippen LogP contribution in [-0.4, -0.2) is 42.1 Å². The number of nitrogens with zero attached hydrogens (tertiary/aromatic N) is 1. The van der Waals surface area contributed by atoms with Crippen molar-refractivity contribution in [2.45, 2.75) is 124 Å². The van der Waals surface area contributed by atoms with E-state index in [0.717, 1.165) is 51.0 Å². The molecule has 2 N–H and O–H groups in total. The first-order valence-electron chi connectivity index (χ1n) is 16.7. The first-order chi connectivity index (χ1) is 19.0. The Hall–Kier alpha value is -0.910. The van der Waals surface area contributed by atoms with Gasteiger partial charge in [0.15, 0.2) is 6.29 Å². The summed E-state index contributed by atoms with van der Waals surface area (Å²) in [5, 5.41) is 24.3. The molecule has 1 saturated heterocycles. The maximum absolute atomic E-state index is 10.6. The van der Waals surface area contributed by atoms with Crippen LogP contribution in [0.2, 0.25) is 0 Å². The summed E-state index contributed by atoms with van der Waals surface area (Å²) in [6, 6.07) is 0. The molecular weight excluding hydrogens is 498 g/mol. The molecule has 5 saturated carbocycles. The highest BCUT2D eigenvalue weighted by Gasteiger charge is 2.71. The first kappa shape index (κ1) is 29.2. The molecule has 6 aliphatic rings. The van der Waals surface area contributed by atoms with Crippen LogP contribution >= 0.6 is 0 Å². The zero-order valence-electron chi connectivity index (χ0n) is 26.1. The Morgan fingerprint density at radius 2 is 1.75 bits per heavy atom. The SMILES string of the molecule is C=C(C)[C@@H]1CC[C@]2(COC3CCCCO3)CC[C@]3(C)[C@H](CC[C@@H]4[C@@]5(C)CC/C(=N\O)[C@@](C)(CO)[C@@H]5CC[C@]43C)[C@@H]12. The van der Waals surface area contributed by atoms with Gasteiger partial charge in [0.2, 0.25) is 0 Å². The van der Waals surface area contributed by atoms with Crippen molar-refractivity contribution in [3.05, 3.63) is 12.2 Å². The van der Waals surface area contributed by atoms with Crippen LogP contribution in [0.5, 0.6) is 0 Å². The minimum atomic E-state index is -0.419. The number of aliphatic hydroxyl groups excluding tert-OH is 1. The van der Waals surface area contributed by atoms with Crippen LogP contribution in [0.25, 0.3) is 0 Å². The maximum Gasteiger partial charge on any atom is 0.157 e. The van der Waals surface area contributed by atoms with E-state index >= 15 is 0 Å². The Kier molecular flexibility index (Phi) is 7.35. The molecule has 5 aliphatic carbocycles. The molecule has 1 heterocycles. The number of fused-ring (bicyclic) bond motifs is 7. The Balaban J connectivity index is 1.32. The fourth-order valence-electron chi connectivity index (χ4n) is 12.6. The van der Waals surface area contributed by atoms with Gasteiger partial charge < -0.3 is 19.8 Å². The topological polar surface area (TPSA) is 71.3 Å². The number of allylic oxidation sites excluding steroid dienone is 1. The molecular formula is C35H57NO4. The van der Waals surface area contributed by atoms with E-state index in [4.69, 9.17) is 9.47 Å².